The molecule has 0 saturated carbocycles. The van der Waals surface area contributed by atoms with E-state index in [1.54, 1.807) is 0 Å². The number of aliphatic carboxylic acids is 1. The van der Waals surface area contributed by atoms with Crippen molar-refractivity contribution in [3.8, 4) is 0 Å². The van der Waals surface area contributed by atoms with Gasteiger partial charge in [0, 0.05) is 6.42 Å². The summed E-state index contributed by atoms with van der Waals surface area (Å²) in [5, 5.41) is 11.3. The van der Waals surface area contributed by atoms with Crippen molar-refractivity contribution in [3.63, 3.8) is 0 Å². The number of hydrogen-bond acceptors (Lipinski definition) is 3. The van der Waals surface area contributed by atoms with E-state index >= 15 is 0 Å². The Morgan fingerprint density at radius 1 is 1.39 bits per heavy atom. The van der Waals surface area contributed by atoms with Crippen LogP contribution in [0.1, 0.15) is 12.5 Å². The van der Waals surface area contributed by atoms with E-state index in [0.717, 1.165) is 0 Å². The van der Waals surface area contributed by atoms with E-state index in [0.29, 0.717) is 5.56 Å². The molecule has 1 aromatic rings. The third kappa shape index (κ3) is 4.14. The third-order valence-corrected chi connectivity index (χ3v) is 2.38. The standard InChI is InChI=1S/C12H15FN2O3/c1-7(14)11(16)15-10(12(17)18)6-8-2-4-9(13)5-3-8/h2-5,7,10H,6,14H2,1H3,(H,15,16)(H,17,18)/t7-,10?/m1/s1. The molecule has 0 aliphatic heterocycles. The molecule has 5 nitrogen and oxygen atoms in total. The topological polar surface area (TPSA) is 92.4 Å². The lowest BCUT2D eigenvalue weighted by molar-refractivity contribution is -0.141. The van der Waals surface area contributed by atoms with E-state index < -0.39 is 29.8 Å². The molecule has 1 aromatic carbocycles. The second kappa shape index (κ2) is 6.11. The van der Waals surface area contributed by atoms with Gasteiger partial charge in [0.15, 0.2) is 0 Å². The summed E-state index contributed by atoms with van der Waals surface area (Å²) in [5.74, 6) is -2.09. The van der Waals surface area contributed by atoms with Crippen LogP contribution in [0.3, 0.4) is 0 Å². The fourth-order valence-corrected chi connectivity index (χ4v) is 1.36. The molecule has 4 N–H and O–H groups in total. The molecule has 1 rings (SSSR count). The van der Waals surface area contributed by atoms with Gasteiger partial charge in [-0.15, -0.1) is 0 Å². The highest BCUT2D eigenvalue weighted by Crippen LogP contribution is 2.06. The fourth-order valence-electron chi connectivity index (χ4n) is 1.36. The van der Waals surface area contributed by atoms with Crippen LogP contribution in [-0.4, -0.2) is 29.1 Å². The molecule has 6 heteroatoms. The first kappa shape index (κ1) is 14.1. The fraction of sp³-hybridized carbons (Fsp3) is 0.333. The zero-order valence-electron chi connectivity index (χ0n) is 9.89. The molecular formula is C12H15FN2O3. The first-order valence-electron chi connectivity index (χ1n) is 5.43. The van der Waals surface area contributed by atoms with Gasteiger partial charge < -0.3 is 16.2 Å². The number of nitrogens with one attached hydrogen (secondary N) is 1. The summed E-state index contributed by atoms with van der Waals surface area (Å²) in [6, 6.07) is 3.57. The Kier molecular flexibility index (Phi) is 4.79. The Balaban J connectivity index is 2.72. The smallest absolute Gasteiger partial charge is 0.326 e. The van der Waals surface area contributed by atoms with Crippen molar-refractivity contribution in [2.45, 2.75) is 25.4 Å². The van der Waals surface area contributed by atoms with Gasteiger partial charge >= 0.3 is 5.97 Å². The average Bonchev–Trinajstić information content (AvgIpc) is 2.30. The Hall–Kier alpha value is -1.95. The SMILES string of the molecule is C[C@@H](N)C(=O)NC(Cc1ccc(F)cc1)C(=O)O. The predicted molar refractivity (Wildman–Crippen MR) is 63.3 cm³/mol. The van der Waals surface area contributed by atoms with Crippen LogP contribution in [0.2, 0.25) is 0 Å². The minimum Gasteiger partial charge on any atom is -0.480 e. The Morgan fingerprint density at radius 3 is 2.39 bits per heavy atom. The van der Waals surface area contributed by atoms with E-state index in [2.05, 4.69) is 5.32 Å². The molecule has 0 saturated heterocycles. The van der Waals surface area contributed by atoms with Gasteiger partial charge in [-0.25, -0.2) is 9.18 Å². The number of halogens is 1. The van der Waals surface area contributed by atoms with Crippen LogP contribution >= 0.6 is 0 Å². The highest BCUT2D eigenvalue weighted by Gasteiger charge is 2.21. The Morgan fingerprint density at radius 2 is 1.94 bits per heavy atom. The van der Waals surface area contributed by atoms with E-state index in [1.807, 2.05) is 0 Å². The first-order chi connectivity index (χ1) is 8.40. The minimum atomic E-state index is -1.16. The largest absolute Gasteiger partial charge is 0.480 e. The number of nitrogens with two attached hydrogens (primary N) is 1. The summed E-state index contributed by atoms with van der Waals surface area (Å²) in [7, 11) is 0. The number of carbonyl (C=O) groups is 2. The van der Waals surface area contributed by atoms with Crippen molar-refractivity contribution in [2.75, 3.05) is 0 Å². The van der Waals surface area contributed by atoms with E-state index in [1.165, 1.54) is 31.2 Å². The molecule has 1 amide bonds. The number of amides is 1. The van der Waals surface area contributed by atoms with Gasteiger partial charge in [-0.05, 0) is 24.6 Å². The Labute approximate surface area is 104 Å². The number of carboxylic acid groups (broad SMARTS) is 1. The molecular weight excluding hydrogens is 239 g/mol. The maximum atomic E-state index is 12.7. The summed E-state index contributed by atoms with van der Waals surface area (Å²) in [4.78, 5) is 22.3. The lowest BCUT2D eigenvalue weighted by Crippen LogP contribution is -2.48. The number of rotatable bonds is 5. The summed E-state index contributed by atoms with van der Waals surface area (Å²) >= 11 is 0. The second-order valence-corrected chi connectivity index (χ2v) is 4.02. The summed E-state index contributed by atoms with van der Waals surface area (Å²) in [6.45, 7) is 1.46. The van der Waals surface area contributed by atoms with Gasteiger partial charge in [-0.2, -0.15) is 0 Å². The van der Waals surface area contributed by atoms with Crippen LogP contribution < -0.4 is 11.1 Å². The average molecular weight is 254 g/mol. The maximum absolute atomic E-state index is 12.7. The molecule has 98 valence electrons. The zero-order valence-corrected chi connectivity index (χ0v) is 9.89. The monoisotopic (exact) mass is 254 g/mol. The van der Waals surface area contributed by atoms with Crippen molar-refractivity contribution in [1.82, 2.24) is 5.32 Å². The second-order valence-electron chi connectivity index (χ2n) is 4.02. The molecule has 2 atom stereocenters. The van der Waals surface area contributed by atoms with Gasteiger partial charge in [0.25, 0.3) is 0 Å². The van der Waals surface area contributed by atoms with Crippen LogP contribution in [0.25, 0.3) is 0 Å². The molecule has 1 unspecified atom stereocenters. The lowest BCUT2D eigenvalue weighted by Gasteiger charge is -2.16. The van der Waals surface area contributed by atoms with Crippen molar-refractivity contribution in [2.24, 2.45) is 5.73 Å². The number of carbonyl (C=O) groups excluding carboxylic acids is 1. The normalized spacial score (nSPS) is 13.7. The maximum Gasteiger partial charge on any atom is 0.326 e. The number of carboxylic acids is 1. The van der Waals surface area contributed by atoms with Crippen molar-refractivity contribution < 1.29 is 19.1 Å². The van der Waals surface area contributed by atoms with Crippen molar-refractivity contribution >= 4 is 11.9 Å². The zero-order chi connectivity index (χ0) is 13.7. The third-order valence-electron chi connectivity index (χ3n) is 2.38. The van der Waals surface area contributed by atoms with Gasteiger partial charge in [0.05, 0.1) is 6.04 Å². The summed E-state index contributed by atoms with van der Waals surface area (Å²) in [5.41, 5.74) is 5.96. The minimum absolute atomic E-state index is 0.0775. The van der Waals surface area contributed by atoms with E-state index in [9.17, 15) is 14.0 Å². The lowest BCUT2D eigenvalue weighted by atomic mass is 10.1. The molecule has 0 heterocycles. The van der Waals surface area contributed by atoms with E-state index in [4.69, 9.17) is 10.8 Å². The quantitative estimate of drug-likeness (QED) is 0.704. The van der Waals surface area contributed by atoms with Crippen LogP contribution in [-0.2, 0) is 16.0 Å². The van der Waals surface area contributed by atoms with Crippen LogP contribution in [0.5, 0.6) is 0 Å². The van der Waals surface area contributed by atoms with Gasteiger partial charge in [0.1, 0.15) is 11.9 Å². The molecule has 0 aliphatic carbocycles. The van der Waals surface area contributed by atoms with E-state index in [-0.39, 0.29) is 6.42 Å². The van der Waals surface area contributed by atoms with Gasteiger partial charge in [-0.1, -0.05) is 12.1 Å². The molecule has 0 bridgehead atoms. The summed E-state index contributed by atoms with van der Waals surface area (Å²) in [6.07, 6.45) is 0.0775. The molecule has 0 radical (unpaired) electrons. The van der Waals surface area contributed by atoms with Crippen LogP contribution in [0.15, 0.2) is 24.3 Å². The molecule has 0 spiro atoms. The molecule has 18 heavy (non-hydrogen) atoms. The highest BCUT2D eigenvalue weighted by molar-refractivity contribution is 5.86. The van der Waals surface area contributed by atoms with Crippen molar-refractivity contribution in [1.29, 1.82) is 0 Å². The van der Waals surface area contributed by atoms with Crippen molar-refractivity contribution in [3.05, 3.63) is 35.6 Å². The van der Waals surface area contributed by atoms with Crippen LogP contribution in [0, 0.1) is 5.82 Å². The predicted octanol–water partition coefficient (Wildman–Crippen LogP) is 0.285. The summed E-state index contributed by atoms with van der Waals surface area (Å²) < 4.78 is 12.7. The number of hydrogen-bond donors (Lipinski definition) is 3. The van der Waals surface area contributed by atoms with Gasteiger partial charge in [-0.3, -0.25) is 4.79 Å². The molecule has 0 fully saturated rings. The van der Waals surface area contributed by atoms with Gasteiger partial charge in [0.2, 0.25) is 5.91 Å². The first-order valence-corrected chi connectivity index (χ1v) is 5.43. The highest BCUT2D eigenvalue weighted by atomic mass is 19.1. The number of benzene rings is 1. The Bertz CT molecular complexity index is 431. The molecule has 0 aliphatic rings. The molecule has 0 aromatic heterocycles. The van der Waals surface area contributed by atoms with Crippen LogP contribution in [0.4, 0.5) is 4.39 Å².